The van der Waals surface area contributed by atoms with E-state index in [0.717, 1.165) is 17.7 Å². The second-order valence-corrected chi connectivity index (χ2v) is 5.88. The van der Waals surface area contributed by atoms with Crippen LogP contribution in [-0.4, -0.2) is 17.4 Å². The Hall–Kier alpha value is -3.17. The molecule has 2 aromatic rings. The van der Waals surface area contributed by atoms with Crippen LogP contribution in [0.2, 0.25) is 5.02 Å². The molecule has 6 nitrogen and oxygen atoms in total. The minimum absolute atomic E-state index is 0.126. The summed E-state index contributed by atoms with van der Waals surface area (Å²) in [5.41, 5.74) is 1.79. The number of rotatable bonds is 3. The number of amides is 1. The first-order valence-electron chi connectivity index (χ1n) is 7.47. The molecule has 0 unspecified atom stereocenters. The van der Waals surface area contributed by atoms with Gasteiger partial charge in [0.2, 0.25) is 0 Å². The van der Waals surface area contributed by atoms with Crippen molar-refractivity contribution in [2.45, 2.75) is 6.42 Å². The predicted octanol–water partition coefficient (Wildman–Crippen LogP) is 3.74. The van der Waals surface area contributed by atoms with Gasteiger partial charge in [0.05, 0.1) is 4.92 Å². The molecule has 0 fully saturated rings. The van der Waals surface area contributed by atoms with Gasteiger partial charge < -0.3 is 4.90 Å². The highest BCUT2D eigenvalue weighted by molar-refractivity contribution is 6.32. The highest BCUT2D eigenvalue weighted by atomic mass is 35.5. The molecule has 0 atom stereocenters. The minimum Gasteiger partial charge on any atom is -0.307 e. The van der Waals surface area contributed by atoms with Crippen LogP contribution >= 0.6 is 11.6 Å². The highest BCUT2D eigenvalue weighted by Gasteiger charge is 2.26. The summed E-state index contributed by atoms with van der Waals surface area (Å²) < 4.78 is 0. The zero-order chi connectivity index (χ0) is 18.0. The molecule has 0 saturated carbocycles. The summed E-state index contributed by atoms with van der Waals surface area (Å²) in [5.74, 6) is -0.449. The van der Waals surface area contributed by atoms with E-state index in [9.17, 15) is 20.2 Å². The second kappa shape index (κ2) is 6.75. The first kappa shape index (κ1) is 16.7. The Morgan fingerprint density at radius 3 is 2.80 bits per heavy atom. The molecule has 3 rings (SSSR count). The SMILES string of the molecule is N#C/C(=C\c1cc([N+](=O)[O-])ccc1Cl)C(=O)N1CCc2ccccc21. The molecule has 1 aliphatic heterocycles. The van der Waals surface area contributed by atoms with Gasteiger partial charge in [-0.1, -0.05) is 29.8 Å². The number of non-ortho nitro benzene ring substituents is 1. The summed E-state index contributed by atoms with van der Waals surface area (Å²) in [6.07, 6.45) is 2.01. The zero-order valence-corrected chi connectivity index (χ0v) is 13.7. The Labute approximate surface area is 148 Å². The maximum absolute atomic E-state index is 12.7. The number of halogens is 1. The van der Waals surface area contributed by atoms with E-state index in [0.29, 0.717) is 6.54 Å². The molecule has 2 aromatic carbocycles. The molecule has 0 spiro atoms. The average Bonchev–Trinajstić information content (AvgIpc) is 3.04. The Morgan fingerprint density at radius 1 is 1.32 bits per heavy atom. The number of hydrogen-bond donors (Lipinski definition) is 0. The van der Waals surface area contributed by atoms with E-state index in [4.69, 9.17) is 11.6 Å². The number of nitrogens with zero attached hydrogens (tertiary/aromatic N) is 3. The third-order valence-corrected chi connectivity index (χ3v) is 4.32. The van der Waals surface area contributed by atoms with E-state index in [1.54, 1.807) is 0 Å². The third-order valence-electron chi connectivity index (χ3n) is 3.97. The molecule has 1 amide bonds. The lowest BCUT2D eigenvalue weighted by molar-refractivity contribution is -0.384. The molecule has 0 aromatic heterocycles. The minimum atomic E-state index is -0.557. The van der Waals surface area contributed by atoms with Gasteiger partial charge in [-0.25, -0.2) is 0 Å². The fourth-order valence-electron chi connectivity index (χ4n) is 2.75. The smallest absolute Gasteiger partial charge is 0.270 e. The van der Waals surface area contributed by atoms with Gasteiger partial charge in [-0.2, -0.15) is 5.26 Å². The van der Waals surface area contributed by atoms with Gasteiger partial charge in [0, 0.05) is 35.0 Å². The van der Waals surface area contributed by atoms with E-state index in [1.807, 2.05) is 30.3 Å². The van der Waals surface area contributed by atoms with Crippen molar-refractivity contribution in [2.24, 2.45) is 0 Å². The second-order valence-electron chi connectivity index (χ2n) is 5.47. The number of para-hydroxylation sites is 1. The Kier molecular flexibility index (Phi) is 4.50. The van der Waals surface area contributed by atoms with E-state index < -0.39 is 10.8 Å². The van der Waals surface area contributed by atoms with Gasteiger partial charge in [0.1, 0.15) is 11.6 Å². The Balaban J connectivity index is 1.97. The average molecular weight is 354 g/mol. The number of carbonyl (C=O) groups excluding carboxylic acids is 1. The summed E-state index contributed by atoms with van der Waals surface area (Å²) in [4.78, 5) is 24.6. The van der Waals surface area contributed by atoms with Crippen LogP contribution in [0.5, 0.6) is 0 Å². The van der Waals surface area contributed by atoms with Crippen LogP contribution in [0.1, 0.15) is 11.1 Å². The number of fused-ring (bicyclic) bond motifs is 1. The number of carbonyl (C=O) groups is 1. The molecule has 124 valence electrons. The highest BCUT2D eigenvalue weighted by Crippen LogP contribution is 2.30. The largest absolute Gasteiger partial charge is 0.307 e. The molecular weight excluding hydrogens is 342 g/mol. The van der Waals surface area contributed by atoms with Gasteiger partial charge in [0.15, 0.2) is 0 Å². The van der Waals surface area contributed by atoms with Crippen molar-refractivity contribution < 1.29 is 9.72 Å². The van der Waals surface area contributed by atoms with Gasteiger partial charge in [-0.05, 0) is 30.2 Å². The summed E-state index contributed by atoms with van der Waals surface area (Å²) in [5, 5.41) is 20.5. The maximum atomic E-state index is 12.7. The van der Waals surface area contributed by atoms with Crippen molar-refractivity contribution in [1.82, 2.24) is 0 Å². The number of benzene rings is 2. The van der Waals surface area contributed by atoms with Crippen molar-refractivity contribution in [3.63, 3.8) is 0 Å². The number of hydrogen-bond acceptors (Lipinski definition) is 4. The molecule has 1 heterocycles. The Bertz CT molecular complexity index is 947. The molecule has 25 heavy (non-hydrogen) atoms. The fourth-order valence-corrected chi connectivity index (χ4v) is 2.92. The van der Waals surface area contributed by atoms with Gasteiger partial charge in [-0.15, -0.1) is 0 Å². The predicted molar refractivity (Wildman–Crippen MR) is 94.2 cm³/mol. The topological polar surface area (TPSA) is 87.2 Å². The van der Waals surface area contributed by atoms with E-state index in [-0.39, 0.29) is 21.8 Å². The summed E-state index contributed by atoms with van der Waals surface area (Å²) >= 11 is 6.05. The zero-order valence-electron chi connectivity index (χ0n) is 13.0. The van der Waals surface area contributed by atoms with Crippen molar-refractivity contribution >= 4 is 35.0 Å². The van der Waals surface area contributed by atoms with Crippen molar-refractivity contribution in [2.75, 3.05) is 11.4 Å². The number of anilines is 1. The lowest BCUT2D eigenvalue weighted by Crippen LogP contribution is -2.29. The van der Waals surface area contributed by atoms with Crippen LogP contribution in [0.25, 0.3) is 6.08 Å². The summed E-state index contributed by atoms with van der Waals surface area (Å²) in [6.45, 7) is 0.486. The maximum Gasteiger partial charge on any atom is 0.270 e. The molecule has 0 saturated heterocycles. The normalized spacial score (nSPS) is 13.3. The molecule has 0 aliphatic carbocycles. The van der Waals surface area contributed by atoms with E-state index in [2.05, 4.69) is 0 Å². The molecule has 0 bridgehead atoms. The van der Waals surface area contributed by atoms with Gasteiger partial charge in [0.25, 0.3) is 11.6 Å². The van der Waals surface area contributed by atoms with Crippen molar-refractivity contribution in [1.29, 1.82) is 5.26 Å². The lowest BCUT2D eigenvalue weighted by Gasteiger charge is -2.16. The number of nitro benzene ring substituents is 1. The van der Waals surface area contributed by atoms with Gasteiger partial charge >= 0.3 is 0 Å². The standard InChI is InChI=1S/C18H12ClN3O3/c19-16-6-5-15(22(24)25)10-13(16)9-14(11-20)18(23)21-8-7-12-3-1-2-4-17(12)21/h1-6,9-10H,7-8H2/b14-9+. The molecule has 7 heteroatoms. The molecular formula is C18H12ClN3O3. The van der Waals surface area contributed by atoms with Crippen LogP contribution in [-0.2, 0) is 11.2 Å². The van der Waals surface area contributed by atoms with Crippen LogP contribution < -0.4 is 4.90 Å². The van der Waals surface area contributed by atoms with E-state index in [1.165, 1.54) is 29.2 Å². The van der Waals surface area contributed by atoms with Crippen LogP contribution in [0.15, 0.2) is 48.0 Å². The quantitative estimate of drug-likeness (QED) is 0.364. The molecule has 1 aliphatic rings. The first-order chi connectivity index (χ1) is 12.0. The van der Waals surface area contributed by atoms with Crippen molar-refractivity contribution in [3.8, 4) is 6.07 Å². The number of nitriles is 1. The fraction of sp³-hybridized carbons (Fsp3) is 0.111. The lowest BCUT2D eigenvalue weighted by atomic mass is 10.1. The van der Waals surface area contributed by atoms with Crippen LogP contribution in [0.4, 0.5) is 11.4 Å². The summed E-state index contributed by atoms with van der Waals surface area (Å²) in [6, 6.07) is 13.3. The Morgan fingerprint density at radius 2 is 2.08 bits per heavy atom. The van der Waals surface area contributed by atoms with Crippen LogP contribution in [0.3, 0.4) is 0 Å². The van der Waals surface area contributed by atoms with E-state index >= 15 is 0 Å². The summed E-state index contributed by atoms with van der Waals surface area (Å²) in [7, 11) is 0. The third kappa shape index (κ3) is 3.23. The first-order valence-corrected chi connectivity index (χ1v) is 7.84. The molecule has 0 N–H and O–H groups in total. The number of nitro groups is 1. The van der Waals surface area contributed by atoms with Crippen molar-refractivity contribution in [3.05, 3.63) is 74.3 Å². The van der Waals surface area contributed by atoms with Gasteiger partial charge in [-0.3, -0.25) is 14.9 Å². The van der Waals surface area contributed by atoms with Crippen LogP contribution in [0, 0.1) is 21.4 Å². The monoisotopic (exact) mass is 353 g/mol. The molecule has 0 radical (unpaired) electrons.